The molecule has 2 unspecified atom stereocenters. The summed E-state index contributed by atoms with van der Waals surface area (Å²) in [6.07, 6.45) is -1.29. The number of nitrogens with zero attached hydrogens (tertiary/aromatic N) is 2. The first-order chi connectivity index (χ1) is 17.8. The van der Waals surface area contributed by atoms with E-state index in [4.69, 9.17) is 22.1 Å². The van der Waals surface area contributed by atoms with E-state index in [2.05, 4.69) is 10.6 Å². The van der Waals surface area contributed by atoms with E-state index >= 15 is 0 Å². The Hall–Kier alpha value is -4.10. The summed E-state index contributed by atoms with van der Waals surface area (Å²) >= 11 is 6.31. The Morgan fingerprint density at radius 1 is 1.11 bits per heavy atom. The minimum Gasteiger partial charge on any atom is -0.444 e. The van der Waals surface area contributed by atoms with Gasteiger partial charge in [-0.2, -0.15) is 5.26 Å². The third kappa shape index (κ3) is 8.78. The molecule has 0 heterocycles. The maximum atomic E-state index is 13.8. The number of aryl methyl sites for hydroxylation is 1. The number of halogens is 1. The van der Waals surface area contributed by atoms with Crippen LogP contribution in [-0.4, -0.2) is 46.9 Å². The number of alkyl carbamates (subject to hydrolysis) is 1. The van der Waals surface area contributed by atoms with Crippen molar-refractivity contribution >= 4 is 41.1 Å². The Morgan fingerprint density at radius 2 is 1.76 bits per heavy atom. The molecule has 2 aromatic carbocycles. The number of primary amides is 1. The smallest absolute Gasteiger partial charge is 0.408 e. The summed E-state index contributed by atoms with van der Waals surface area (Å²) in [6, 6.07) is 12.9. The molecule has 4 amide bonds. The lowest BCUT2D eigenvalue weighted by molar-refractivity contribution is -0.140. The van der Waals surface area contributed by atoms with Gasteiger partial charge in [0.15, 0.2) is 0 Å². The normalized spacial score (nSPS) is 12.4. The molecule has 38 heavy (non-hydrogen) atoms. The van der Waals surface area contributed by atoms with Gasteiger partial charge in [0.05, 0.1) is 16.8 Å². The third-order valence-corrected chi connectivity index (χ3v) is 5.65. The van der Waals surface area contributed by atoms with Crippen LogP contribution in [0.25, 0.3) is 0 Å². The van der Waals surface area contributed by atoms with Crippen molar-refractivity contribution in [1.29, 1.82) is 5.26 Å². The molecule has 10 nitrogen and oxygen atoms in total. The number of hydrogen-bond acceptors (Lipinski definition) is 6. The van der Waals surface area contributed by atoms with Crippen molar-refractivity contribution in [3.8, 4) is 6.07 Å². The molecule has 0 aliphatic carbocycles. The largest absolute Gasteiger partial charge is 0.444 e. The second kappa shape index (κ2) is 13.4. The molecule has 0 saturated carbocycles. The molecular weight excluding hydrogens is 510 g/mol. The molecule has 2 aromatic rings. The topological polar surface area (TPSA) is 155 Å². The van der Waals surface area contributed by atoms with Gasteiger partial charge in [-0.15, -0.1) is 0 Å². The van der Waals surface area contributed by atoms with E-state index in [1.165, 1.54) is 0 Å². The number of benzene rings is 2. The number of ether oxygens (including phenoxy) is 1. The van der Waals surface area contributed by atoms with Gasteiger partial charge in [-0.25, -0.2) is 4.79 Å². The fourth-order valence-corrected chi connectivity index (χ4v) is 3.93. The summed E-state index contributed by atoms with van der Waals surface area (Å²) in [4.78, 5) is 52.5. The fraction of sp³-hybridized carbons (Fsp3) is 0.370. The van der Waals surface area contributed by atoms with Crippen LogP contribution in [0.1, 0.15) is 50.8 Å². The number of amides is 4. The lowest BCUT2D eigenvalue weighted by Crippen LogP contribution is -2.52. The van der Waals surface area contributed by atoms with E-state index in [0.29, 0.717) is 21.8 Å². The monoisotopic (exact) mass is 541 g/mol. The molecule has 11 heteroatoms. The van der Waals surface area contributed by atoms with Crippen LogP contribution in [-0.2, 0) is 19.1 Å². The van der Waals surface area contributed by atoms with E-state index in [1.54, 1.807) is 76.2 Å². The van der Waals surface area contributed by atoms with Crippen molar-refractivity contribution in [1.82, 2.24) is 10.2 Å². The van der Waals surface area contributed by atoms with Gasteiger partial charge in [0, 0.05) is 6.42 Å². The first kappa shape index (κ1) is 30.1. The molecule has 0 aliphatic heterocycles. The molecule has 0 radical (unpaired) electrons. The van der Waals surface area contributed by atoms with Crippen molar-refractivity contribution < 1.29 is 23.9 Å². The second-order valence-corrected chi connectivity index (χ2v) is 9.97. The highest BCUT2D eigenvalue weighted by molar-refractivity contribution is 6.34. The first-order valence-corrected chi connectivity index (χ1v) is 12.3. The van der Waals surface area contributed by atoms with Crippen molar-refractivity contribution in [2.75, 3.05) is 11.9 Å². The van der Waals surface area contributed by atoms with Gasteiger partial charge in [-0.05, 0) is 51.3 Å². The lowest BCUT2D eigenvalue weighted by Gasteiger charge is -2.33. The van der Waals surface area contributed by atoms with E-state index in [9.17, 15) is 24.4 Å². The second-order valence-electron chi connectivity index (χ2n) is 9.56. The molecule has 0 bridgehead atoms. The van der Waals surface area contributed by atoms with Crippen molar-refractivity contribution in [2.24, 2.45) is 5.73 Å². The SMILES string of the molecule is Cc1cccc(Cl)c1NC(=O)C(c1ccccc1)N(CC#N)C(=O)C(CCC(N)=O)NC(=O)OC(C)(C)C. The Morgan fingerprint density at radius 3 is 2.32 bits per heavy atom. The van der Waals surface area contributed by atoms with Crippen LogP contribution < -0.4 is 16.4 Å². The van der Waals surface area contributed by atoms with Gasteiger partial charge in [0.2, 0.25) is 11.8 Å². The fourth-order valence-electron chi connectivity index (χ4n) is 3.66. The van der Waals surface area contributed by atoms with E-state index in [0.717, 1.165) is 4.90 Å². The molecular formula is C27H32ClN5O5. The van der Waals surface area contributed by atoms with Crippen molar-refractivity contribution in [2.45, 2.75) is 58.2 Å². The molecule has 0 aliphatic rings. The number of nitrogens with one attached hydrogen (secondary N) is 2. The Labute approximate surface area is 227 Å². The molecule has 2 rings (SSSR count). The number of rotatable bonds is 10. The number of nitrogens with two attached hydrogens (primary N) is 1. The summed E-state index contributed by atoms with van der Waals surface area (Å²) in [5.41, 5.74) is 5.91. The molecule has 0 saturated heterocycles. The van der Waals surface area contributed by atoms with E-state index < -0.39 is 48.0 Å². The number of para-hydroxylation sites is 1. The summed E-state index contributed by atoms with van der Waals surface area (Å²) in [5.74, 6) is -2.08. The Kier molecular flexibility index (Phi) is 10.7. The highest BCUT2D eigenvalue weighted by Gasteiger charge is 2.36. The summed E-state index contributed by atoms with van der Waals surface area (Å²) in [7, 11) is 0. The van der Waals surface area contributed by atoms with Crippen LogP contribution in [0.2, 0.25) is 5.02 Å². The molecule has 0 fully saturated rings. The highest BCUT2D eigenvalue weighted by Crippen LogP contribution is 2.29. The molecule has 4 N–H and O–H groups in total. The Balaban J connectivity index is 2.51. The maximum Gasteiger partial charge on any atom is 0.408 e. The number of carbonyl (C=O) groups excluding carboxylic acids is 4. The first-order valence-electron chi connectivity index (χ1n) is 11.9. The zero-order valence-corrected chi connectivity index (χ0v) is 22.5. The molecule has 2 atom stereocenters. The van der Waals surface area contributed by atoms with Crippen molar-refractivity contribution in [3.05, 3.63) is 64.7 Å². The summed E-state index contributed by atoms with van der Waals surface area (Å²) in [6.45, 7) is 6.24. The summed E-state index contributed by atoms with van der Waals surface area (Å²) < 4.78 is 5.27. The molecule has 202 valence electrons. The Bertz CT molecular complexity index is 1190. The zero-order chi connectivity index (χ0) is 28.5. The van der Waals surface area contributed by atoms with Crippen LogP contribution in [0.15, 0.2) is 48.5 Å². The standard InChI is InChI=1S/C27H32ClN5O5/c1-17-9-8-12-19(28)22(17)32-24(35)23(18-10-6-5-7-11-18)33(16-15-29)25(36)20(13-14-21(30)34)31-26(37)38-27(2,3)4/h5-12,20,23H,13-14,16H2,1-4H3,(H2,30,34)(H,31,37)(H,32,35). The number of carbonyl (C=O) groups is 4. The predicted molar refractivity (Wildman–Crippen MR) is 143 cm³/mol. The van der Waals surface area contributed by atoms with Gasteiger partial charge in [-0.1, -0.05) is 54.1 Å². The van der Waals surface area contributed by atoms with Gasteiger partial charge in [-0.3, -0.25) is 14.4 Å². The van der Waals surface area contributed by atoms with Gasteiger partial charge in [0.25, 0.3) is 5.91 Å². The van der Waals surface area contributed by atoms with Gasteiger partial charge >= 0.3 is 6.09 Å². The van der Waals surface area contributed by atoms with Crippen LogP contribution >= 0.6 is 11.6 Å². The number of nitriles is 1. The molecule has 0 spiro atoms. The molecule has 0 aromatic heterocycles. The average molecular weight is 542 g/mol. The van der Waals surface area contributed by atoms with Crippen molar-refractivity contribution in [3.63, 3.8) is 0 Å². The van der Waals surface area contributed by atoms with Gasteiger partial charge in [0.1, 0.15) is 24.2 Å². The van der Waals surface area contributed by atoms with E-state index in [1.807, 2.05) is 6.07 Å². The average Bonchev–Trinajstić information content (AvgIpc) is 2.83. The number of hydrogen-bond donors (Lipinski definition) is 3. The maximum absolute atomic E-state index is 13.8. The minimum atomic E-state index is -1.30. The van der Waals surface area contributed by atoms with Crippen LogP contribution in [0.5, 0.6) is 0 Å². The van der Waals surface area contributed by atoms with E-state index in [-0.39, 0.29) is 12.8 Å². The minimum absolute atomic E-state index is 0.165. The quantitative estimate of drug-likeness (QED) is 0.388. The zero-order valence-electron chi connectivity index (χ0n) is 21.8. The van der Waals surface area contributed by atoms with Crippen LogP contribution in [0.3, 0.4) is 0 Å². The van der Waals surface area contributed by atoms with Gasteiger partial charge < -0.3 is 26.0 Å². The van der Waals surface area contributed by atoms with Crippen LogP contribution in [0.4, 0.5) is 10.5 Å². The number of anilines is 1. The lowest BCUT2D eigenvalue weighted by atomic mass is 10.0. The summed E-state index contributed by atoms with van der Waals surface area (Å²) in [5, 5.41) is 15.1. The van der Waals surface area contributed by atoms with Crippen LogP contribution in [0, 0.1) is 18.3 Å². The highest BCUT2D eigenvalue weighted by atomic mass is 35.5. The predicted octanol–water partition coefficient (Wildman–Crippen LogP) is 3.84. The third-order valence-electron chi connectivity index (χ3n) is 5.34.